The number of benzene rings is 1. The predicted octanol–water partition coefficient (Wildman–Crippen LogP) is 1.52. The van der Waals surface area contributed by atoms with Gasteiger partial charge in [0.2, 0.25) is 0 Å². The van der Waals surface area contributed by atoms with Gasteiger partial charge in [-0.25, -0.2) is 0 Å². The van der Waals surface area contributed by atoms with Crippen LogP contribution in [0.3, 0.4) is 0 Å². The Morgan fingerprint density at radius 2 is 2.00 bits per heavy atom. The van der Waals surface area contributed by atoms with Crippen molar-refractivity contribution in [1.82, 2.24) is 0 Å². The van der Waals surface area contributed by atoms with Crippen LogP contribution in [0.25, 0.3) is 0 Å². The zero-order valence-electron chi connectivity index (χ0n) is 7.30. The van der Waals surface area contributed by atoms with E-state index in [1.54, 1.807) is 24.3 Å². The highest BCUT2D eigenvalue weighted by molar-refractivity contribution is 7.52. The van der Waals surface area contributed by atoms with Crippen LogP contribution in [0.4, 0.5) is 0 Å². The highest BCUT2D eigenvalue weighted by Crippen LogP contribution is 2.52. The molecule has 0 aromatic heterocycles. The van der Waals surface area contributed by atoms with E-state index in [0.29, 0.717) is 10.6 Å². The van der Waals surface area contributed by atoms with Crippen LogP contribution < -0.4 is 5.73 Å². The molecule has 0 bridgehead atoms. The largest absolute Gasteiger partial charge is 0.334 e. The van der Waals surface area contributed by atoms with Crippen LogP contribution in [0.5, 0.6) is 0 Å². The van der Waals surface area contributed by atoms with Crippen LogP contribution >= 0.6 is 19.2 Å². The standard InChI is InChI=1S/C8H11ClNO3P/c9-7-4-2-1-3-6(7)8(5-10)14(11,12)13/h1-4,8H,5,10H2,(H2,11,12,13). The van der Waals surface area contributed by atoms with E-state index in [1.165, 1.54) is 0 Å². The maximum atomic E-state index is 11.1. The van der Waals surface area contributed by atoms with Crippen molar-refractivity contribution in [3.63, 3.8) is 0 Å². The van der Waals surface area contributed by atoms with E-state index in [1.807, 2.05) is 0 Å². The summed E-state index contributed by atoms with van der Waals surface area (Å²) in [4.78, 5) is 18.1. The quantitative estimate of drug-likeness (QED) is 0.694. The Morgan fingerprint density at radius 3 is 2.43 bits per heavy atom. The number of halogens is 1. The van der Waals surface area contributed by atoms with E-state index in [-0.39, 0.29) is 6.54 Å². The molecule has 0 spiro atoms. The molecule has 0 heterocycles. The van der Waals surface area contributed by atoms with Crippen molar-refractivity contribution in [3.05, 3.63) is 34.9 Å². The average Bonchev–Trinajstić information content (AvgIpc) is 2.07. The molecule has 0 radical (unpaired) electrons. The molecule has 6 heteroatoms. The van der Waals surface area contributed by atoms with Gasteiger partial charge in [0.1, 0.15) is 0 Å². The van der Waals surface area contributed by atoms with Gasteiger partial charge in [0.15, 0.2) is 0 Å². The Hall–Kier alpha value is -0.380. The van der Waals surface area contributed by atoms with Gasteiger partial charge in [0.05, 0.1) is 5.66 Å². The maximum Gasteiger partial charge on any atom is 0.334 e. The van der Waals surface area contributed by atoms with Crippen molar-refractivity contribution < 1.29 is 14.4 Å². The summed E-state index contributed by atoms with van der Waals surface area (Å²) >= 11 is 5.80. The molecule has 0 saturated heterocycles. The molecule has 14 heavy (non-hydrogen) atoms. The summed E-state index contributed by atoms with van der Waals surface area (Å²) in [6, 6.07) is 6.51. The van der Waals surface area contributed by atoms with Gasteiger partial charge >= 0.3 is 7.60 Å². The van der Waals surface area contributed by atoms with E-state index in [4.69, 9.17) is 27.1 Å². The molecule has 4 N–H and O–H groups in total. The first-order valence-corrected chi connectivity index (χ1v) is 6.02. The maximum absolute atomic E-state index is 11.1. The first-order valence-electron chi connectivity index (χ1n) is 3.96. The van der Waals surface area contributed by atoms with E-state index < -0.39 is 13.3 Å². The fourth-order valence-electron chi connectivity index (χ4n) is 1.19. The van der Waals surface area contributed by atoms with Crippen LogP contribution in [0.1, 0.15) is 11.2 Å². The lowest BCUT2D eigenvalue weighted by atomic mass is 10.1. The summed E-state index contributed by atoms with van der Waals surface area (Å²) in [6.07, 6.45) is 0. The Kier molecular flexibility index (Phi) is 3.70. The van der Waals surface area contributed by atoms with E-state index >= 15 is 0 Å². The minimum atomic E-state index is -4.23. The molecule has 1 aromatic carbocycles. The minimum Gasteiger partial charge on any atom is -0.329 e. The third-order valence-electron chi connectivity index (χ3n) is 1.89. The van der Waals surface area contributed by atoms with Gasteiger partial charge in [-0.2, -0.15) is 0 Å². The summed E-state index contributed by atoms with van der Waals surface area (Å²) < 4.78 is 11.1. The fourth-order valence-corrected chi connectivity index (χ4v) is 2.40. The number of hydrogen-bond donors (Lipinski definition) is 3. The van der Waals surface area contributed by atoms with Crippen LogP contribution in [0.2, 0.25) is 5.02 Å². The first-order chi connectivity index (χ1) is 6.46. The zero-order chi connectivity index (χ0) is 10.8. The first kappa shape index (κ1) is 11.7. The number of nitrogens with two attached hydrogens (primary N) is 1. The van der Waals surface area contributed by atoms with Crippen molar-refractivity contribution in [2.24, 2.45) is 5.73 Å². The van der Waals surface area contributed by atoms with Crippen molar-refractivity contribution in [2.75, 3.05) is 6.54 Å². The van der Waals surface area contributed by atoms with Gasteiger partial charge < -0.3 is 15.5 Å². The highest BCUT2D eigenvalue weighted by Gasteiger charge is 2.30. The normalized spacial score (nSPS) is 14.0. The Labute approximate surface area is 86.9 Å². The molecule has 78 valence electrons. The van der Waals surface area contributed by atoms with E-state index in [0.717, 1.165) is 0 Å². The lowest BCUT2D eigenvalue weighted by Crippen LogP contribution is -2.13. The van der Waals surface area contributed by atoms with Gasteiger partial charge in [0.25, 0.3) is 0 Å². The molecule has 0 aliphatic carbocycles. The molecular weight excluding hydrogens is 225 g/mol. The Morgan fingerprint density at radius 1 is 1.43 bits per heavy atom. The summed E-state index contributed by atoms with van der Waals surface area (Å²) in [5.74, 6) is 0. The second-order valence-electron chi connectivity index (χ2n) is 2.86. The molecule has 1 atom stereocenters. The zero-order valence-corrected chi connectivity index (χ0v) is 8.95. The molecule has 0 aliphatic rings. The summed E-state index contributed by atoms with van der Waals surface area (Å²) in [5, 5.41) is 0.325. The van der Waals surface area contributed by atoms with E-state index in [9.17, 15) is 4.57 Å². The smallest absolute Gasteiger partial charge is 0.329 e. The minimum absolute atomic E-state index is 0.131. The summed E-state index contributed by atoms with van der Waals surface area (Å²) in [5.41, 5.74) is 4.69. The second kappa shape index (κ2) is 4.43. The third-order valence-corrected chi connectivity index (χ3v) is 3.54. The lowest BCUT2D eigenvalue weighted by molar-refractivity contribution is 0.359. The molecule has 0 amide bonds. The molecule has 1 unspecified atom stereocenters. The van der Waals surface area contributed by atoms with Gasteiger partial charge in [-0.15, -0.1) is 0 Å². The highest BCUT2D eigenvalue weighted by atomic mass is 35.5. The van der Waals surface area contributed by atoms with Crippen molar-refractivity contribution in [3.8, 4) is 0 Å². The van der Waals surface area contributed by atoms with Crippen LogP contribution in [0.15, 0.2) is 24.3 Å². The topological polar surface area (TPSA) is 83.6 Å². The van der Waals surface area contributed by atoms with Crippen molar-refractivity contribution >= 4 is 19.2 Å². The Balaban J connectivity index is 3.14. The third kappa shape index (κ3) is 2.56. The predicted molar refractivity (Wildman–Crippen MR) is 55.3 cm³/mol. The number of rotatable bonds is 3. The van der Waals surface area contributed by atoms with Crippen LogP contribution in [-0.4, -0.2) is 16.3 Å². The molecule has 0 aliphatic heterocycles. The summed E-state index contributed by atoms with van der Waals surface area (Å²) in [6.45, 7) is -0.131. The average molecular weight is 236 g/mol. The van der Waals surface area contributed by atoms with Gasteiger partial charge in [-0.1, -0.05) is 29.8 Å². The lowest BCUT2D eigenvalue weighted by Gasteiger charge is -2.17. The molecule has 1 aromatic rings. The van der Waals surface area contributed by atoms with Crippen LogP contribution in [-0.2, 0) is 4.57 Å². The van der Waals surface area contributed by atoms with Crippen molar-refractivity contribution in [1.29, 1.82) is 0 Å². The molecule has 4 nitrogen and oxygen atoms in total. The fraction of sp³-hybridized carbons (Fsp3) is 0.250. The monoisotopic (exact) mass is 235 g/mol. The molecular formula is C8H11ClNO3P. The van der Waals surface area contributed by atoms with Gasteiger partial charge in [-0.3, -0.25) is 4.57 Å². The molecule has 1 rings (SSSR count). The van der Waals surface area contributed by atoms with Crippen molar-refractivity contribution in [2.45, 2.75) is 5.66 Å². The SMILES string of the molecule is NCC(c1ccccc1Cl)P(=O)(O)O. The number of hydrogen-bond acceptors (Lipinski definition) is 2. The second-order valence-corrected chi connectivity index (χ2v) is 5.07. The Bertz CT molecular complexity index is 365. The summed E-state index contributed by atoms with van der Waals surface area (Å²) in [7, 11) is -4.23. The molecule has 0 fully saturated rings. The van der Waals surface area contributed by atoms with Gasteiger partial charge in [0, 0.05) is 11.6 Å². The molecule has 0 saturated carbocycles. The van der Waals surface area contributed by atoms with E-state index in [2.05, 4.69) is 0 Å². The van der Waals surface area contributed by atoms with Gasteiger partial charge in [-0.05, 0) is 11.6 Å². The van der Waals surface area contributed by atoms with Crippen LogP contribution in [0, 0.1) is 0 Å².